The molecular weight excluding hydrogens is 470 g/mol. The first kappa shape index (κ1) is 21.7. The lowest BCUT2D eigenvalue weighted by Crippen LogP contribution is -2.48. The number of hydrogen-bond donors (Lipinski definition) is 0. The van der Waals surface area contributed by atoms with Gasteiger partial charge in [-0.25, -0.2) is 17.2 Å². The van der Waals surface area contributed by atoms with Gasteiger partial charge >= 0.3 is 0 Å². The van der Waals surface area contributed by atoms with Gasteiger partial charge in [0.1, 0.15) is 15.8 Å². The van der Waals surface area contributed by atoms with Gasteiger partial charge in [-0.3, -0.25) is 0 Å². The zero-order chi connectivity index (χ0) is 23.0. The van der Waals surface area contributed by atoms with Crippen LogP contribution in [0.3, 0.4) is 0 Å². The molecule has 170 valence electrons. The van der Waals surface area contributed by atoms with Crippen LogP contribution in [-0.2, 0) is 10.0 Å². The molecule has 1 aliphatic rings. The molecule has 2 aromatic heterocycles. The number of benzene rings is 2. The summed E-state index contributed by atoms with van der Waals surface area (Å²) in [6, 6.07) is 13.8. The molecule has 0 radical (unpaired) electrons. The molecule has 0 spiro atoms. The lowest BCUT2D eigenvalue weighted by molar-refractivity contribution is 0.384. The molecule has 11 heteroatoms. The van der Waals surface area contributed by atoms with E-state index in [1.807, 2.05) is 4.90 Å². The molecule has 0 bridgehead atoms. The molecule has 0 unspecified atom stereocenters. The Morgan fingerprint density at radius 1 is 0.939 bits per heavy atom. The Morgan fingerprint density at radius 3 is 2.48 bits per heavy atom. The number of sulfonamides is 1. The Balaban J connectivity index is 1.31. The fourth-order valence-electron chi connectivity index (χ4n) is 3.65. The molecule has 33 heavy (non-hydrogen) atoms. The Kier molecular flexibility index (Phi) is 5.69. The topological polar surface area (TPSA) is 79.5 Å². The molecule has 4 aromatic rings. The molecule has 0 saturated carbocycles. The molecule has 0 N–H and O–H groups in total. The first-order chi connectivity index (χ1) is 15.9. The fourth-order valence-corrected chi connectivity index (χ4v) is 6.38. The minimum Gasteiger partial charge on any atom is -0.367 e. The molecule has 0 atom stereocenters. The highest BCUT2D eigenvalue weighted by Crippen LogP contribution is 2.31. The third-order valence-electron chi connectivity index (χ3n) is 5.36. The number of thiophene rings is 1. The molecular formula is C22H18F2N4O3S2. The summed E-state index contributed by atoms with van der Waals surface area (Å²) < 4.78 is 60.6. The van der Waals surface area contributed by atoms with Gasteiger partial charge in [0.2, 0.25) is 5.82 Å². The van der Waals surface area contributed by atoms with Crippen molar-refractivity contribution in [2.45, 2.75) is 4.21 Å². The minimum absolute atomic E-state index is 0.149. The minimum atomic E-state index is -3.72. The molecule has 0 amide bonds. The maximum atomic E-state index is 14.1. The van der Waals surface area contributed by atoms with E-state index in [4.69, 9.17) is 4.52 Å². The smallest absolute Gasteiger partial charge is 0.259 e. The molecule has 7 nitrogen and oxygen atoms in total. The van der Waals surface area contributed by atoms with Crippen molar-refractivity contribution in [2.75, 3.05) is 31.1 Å². The van der Waals surface area contributed by atoms with Crippen LogP contribution in [0.25, 0.3) is 22.8 Å². The number of aromatic nitrogens is 2. The largest absolute Gasteiger partial charge is 0.367 e. The summed E-state index contributed by atoms with van der Waals surface area (Å²) in [6.45, 7) is 1.26. The summed E-state index contributed by atoms with van der Waals surface area (Å²) in [5.74, 6) is -0.382. The van der Waals surface area contributed by atoms with Gasteiger partial charge in [0, 0.05) is 37.1 Å². The second-order valence-electron chi connectivity index (χ2n) is 7.43. The van der Waals surface area contributed by atoms with Gasteiger partial charge < -0.3 is 9.42 Å². The zero-order valence-electron chi connectivity index (χ0n) is 17.2. The van der Waals surface area contributed by atoms with Gasteiger partial charge in [-0.1, -0.05) is 29.4 Å². The number of anilines is 1. The van der Waals surface area contributed by atoms with Gasteiger partial charge in [-0.2, -0.15) is 9.29 Å². The van der Waals surface area contributed by atoms with Gasteiger partial charge in [0.15, 0.2) is 0 Å². The monoisotopic (exact) mass is 488 g/mol. The molecule has 3 heterocycles. The van der Waals surface area contributed by atoms with Crippen LogP contribution < -0.4 is 4.90 Å². The standard InChI is InChI=1S/C22H18F2N4O3S2/c23-17-5-3-4-15(12-17)21-25-22(31-26-21)16-13-20(32-14-16)33(29,30)28-10-8-27(9-11-28)19-7-2-1-6-18(19)24/h1-7,12-14H,8-11H2. The second kappa shape index (κ2) is 8.65. The van der Waals surface area contributed by atoms with Crippen molar-refractivity contribution in [3.63, 3.8) is 0 Å². The van der Waals surface area contributed by atoms with Crippen molar-refractivity contribution in [1.82, 2.24) is 14.4 Å². The summed E-state index contributed by atoms with van der Waals surface area (Å²) in [6.07, 6.45) is 0. The summed E-state index contributed by atoms with van der Waals surface area (Å²) in [7, 11) is -3.72. The fraction of sp³-hybridized carbons (Fsp3) is 0.182. The maximum absolute atomic E-state index is 14.1. The van der Waals surface area contributed by atoms with Crippen LogP contribution in [0.2, 0.25) is 0 Å². The van der Waals surface area contributed by atoms with E-state index in [0.717, 1.165) is 11.3 Å². The quantitative estimate of drug-likeness (QED) is 0.418. The van der Waals surface area contributed by atoms with Crippen LogP contribution in [0.15, 0.2) is 68.7 Å². The Hall–Kier alpha value is -3.15. The Morgan fingerprint density at radius 2 is 1.73 bits per heavy atom. The van der Waals surface area contributed by atoms with E-state index < -0.39 is 15.8 Å². The van der Waals surface area contributed by atoms with Crippen molar-refractivity contribution in [1.29, 1.82) is 0 Å². The van der Waals surface area contributed by atoms with Crippen LogP contribution in [-0.4, -0.2) is 49.0 Å². The predicted molar refractivity (Wildman–Crippen MR) is 120 cm³/mol. The van der Waals surface area contributed by atoms with E-state index >= 15 is 0 Å². The van der Waals surface area contributed by atoms with Crippen molar-refractivity contribution >= 4 is 27.0 Å². The maximum Gasteiger partial charge on any atom is 0.259 e. The molecule has 1 saturated heterocycles. The van der Waals surface area contributed by atoms with Crippen LogP contribution in [0.4, 0.5) is 14.5 Å². The lowest BCUT2D eigenvalue weighted by atomic mass is 10.2. The normalized spacial score (nSPS) is 15.2. The molecule has 2 aromatic carbocycles. The number of rotatable bonds is 5. The van der Waals surface area contributed by atoms with Crippen LogP contribution in [0.1, 0.15) is 0 Å². The summed E-state index contributed by atoms with van der Waals surface area (Å²) in [5, 5.41) is 5.50. The summed E-state index contributed by atoms with van der Waals surface area (Å²) in [5.41, 5.74) is 1.40. The van der Waals surface area contributed by atoms with Crippen LogP contribution in [0.5, 0.6) is 0 Å². The first-order valence-corrected chi connectivity index (χ1v) is 12.4. The average Bonchev–Trinajstić information content (AvgIpc) is 3.50. The summed E-state index contributed by atoms with van der Waals surface area (Å²) >= 11 is 1.06. The Bertz CT molecular complexity index is 1400. The Labute approximate surface area is 192 Å². The second-order valence-corrected chi connectivity index (χ2v) is 10.5. The molecule has 1 aliphatic heterocycles. The predicted octanol–water partition coefficient (Wildman–Crippen LogP) is 4.25. The number of piperazine rings is 1. The third kappa shape index (κ3) is 4.26. The number of halogens is 2. The number of hydrogen-bond acceptors (Lipinski definition) is 7. The zero-order valence-corrected chi connectivity index (χ0v) is 18.8. The van der Waals surface area contributed by atoms with Crippen molar-refractivity contribution in [3.05, 3.63) is 71.6 Å². The van der Waals surface area contributed by atoms with Crippen molar-refractivity contribution in [2.24, 2.45) is 0 Å². The lowest BCUT2D eigenvalue weighted by Gasteiger charge is -2.35. The SMILES string of the molecule is O=S(=O)(c1cc(-c2nc(-c3cccc(F)c3)no2)cs1)N1CCN(c2ccccc2F)CC1. The van der Waals surface area contributed by atoms with E-state index in [9.17, 15) is 17.2 Å². The van der Waals surface area contributed by atoms with E-state index in [-0.39, 0.29) is 34.8 Å². The van der Waals surface area contributed by atoms with Crippen LogP contribution in [0, 0.1) is 11.6 Å². The van der Waals surface area contributed by atoms with E-state index in [1.165, 1.54) is 28.6 Å². The first-order valence-electron chi connectivity index (χ1n) is 10.1. The molecule has 0 aliphatic carbocycles. The van der Waals surface area contributed by atoms with E-state index in [1.54, 1.807) is 35.7 Å². The molecule has 1 fully saturated rings. The highest BCUT2D eigenvalue weighted by Gasteiger charge is 2.31. The summed E-state index contributed by atoms with van der Waals surface area (Å²) in [4.78, 5) is 6.10. The van der Waals surface area contributed by atoms with Gasteiger partial charge in [-0.15, -0.1) is 11.3 Å². The van der Waals surface area contributed by atoms with E-state index in [2.05, 4.69) is 10.1 Å². The van der Waals surface area contributed by atoms with Gasteiger partial charge in [0.25, 0.3) is 15.9 Å². The number of nitrogens with zero attached hydrogens (tertiary/aromatic N) is 4. The third-order valence-corrected chi connectivity index (χ3v) is 8.67. The molecule has 5 rings (SSSR count). The van der Waals surface area contributed by atoms with Crippen molar-refractivity contribution < 1.29 is 21.7 Å². The highest BCUT2D eigenvalue weighted by atomic mass is 32.2. The highest BCUT2D eigenvalue weighted by molar-refractivity contribution is 7.91. The van der Waals surface area contributed by atoms with Gasteiger partial charge in [0.05, 0.1) is 11.3 Å². The number of para-hydroxylation sites is 1. The van der Waals surface area contributed by atoms with Crippen molar-refractivity contribution in [3.8, 4) is 22.8 Å². The van der Waals surface area contributed by atoms with E-state index in [0.29, 0.717) is 29.9 Å². The van der Waals surface area contributed by atoms with Crippen LogP contribution >= 0.6 is 11.3 Å². The average molecular weight is 489 g/mol. The van der Waals surface area contributed by atoms with Gasteiger partial charge in [-0.05, 0) is 30.3 Å².